The molecule has 160 valence electrons. The van der Waals surface area contributed by atoms with Gasteiger partial charge >= 0.3 is 6.09 Å². The van der Waals surface area contributed by atoms with Crippen molar-refractivity contribution in [1.29, 1.82) is 0 Å². The Bertz CT molecular complexity index is 1280. The first-order valence-electron chi connectivity index (χ1n) is 10.1. The number of aromatic amines is 1. The quantitative estimate of drug-likeness (QED) is 0.365. The molecule has 5 heterocycles. The van der Waals surface area contributed by atoms with Crippen molar-refractivity contribution in [1.82, 2.24) is 24.9 Å². The Morgan fingerprint density at radius 2 is 1.75 bits per heavy atom. The van der Waals surface area contributed by atoms with Gasteiger partial charge in [0, 0.05) is 40.8 Å². The highest BCUT2D eigenvalue weighted by Gasteiger charge is 2.32. The number of imidazole rings is 1. The molecule has 0 saturated carbocycles. The Labute approximate surface area is 184 Å². The van der Waals surface area contributed by atoms with Gasteiger partial charge in [-0.25, -0.2) is 14.8 Å². The maximum Gasteiger partial charge on any atom is 0.412 e. The van der Waals surface area contributed by atoms with E-state index in [9.17, 15) is 9.90 Å². The highest BCUT2D eigenvalue weighted by Crippen LogP contribution is 2.43. The Balaban J connectivity index is 1.76. The number of H-pyrrole nitrogens is 1. The van der Waals surface area contributed by atoms with Gasteiger partial charge in [-0.1, -0.05) is 0 Å². The SMILES string of the molecule is CC(C)(C)N(C(=O)O)c1cnccc1-c1nc2c([nH]1)-c1ccncc1Nc1ncccc1-2. The van der Waals surface area contributed by atoms with Gasteiger partial charge in [0.15, 0.2) is 0 Å². The monoisotopic (exact) mass is 427 g/mol. The van der Waals surface area contributed by atoms with Gasteiger partial charge in [-0.05, 0) is 45.0 Å². The summed E-state index contributed by atoms with van der Waals surface area (Å²) in [7, 11) is 0. The van der Waals surface area contributed by atoms with Crippen LogP contribution in [-0.2, 0) is 0 Å². The lowest BCUT2D eigenvalue weighted by Gasteiger charge is -2.33. The topological polar surface area (TPSA) is 120 Å². The van der Waals surface area contributed by atoms with Gasteiger partial charge in [-0.2, -0.15) is 0 Å². The molecular formula is C23H21N7O2. The third kappa shape index (κ3) is 3.15. The lowest BCUT2D eigenvalue weighted by molar-refractivity contribution is 0.195. The van der Waals surface area contributed by atoms with Crippen molar-refractivity contribution < 1.29 is 9.90 Å². The summed E-state index contributed by atoms with van der Waals surface area (Å²) in [6, 6.07) is 7.48. The molecule has 0 saturated heterocycles. The van der Waals surface area contributed by atoms with E-state index in [4.69, 9.17) is 4.98 Å². The number of hydrogen-bond acceptors (Lipinski definition) is 6. The number of fused-ring (bicyclic) bond motifs is 5. The fourth-order valence-electron chi connectivity index (χ4n) is 3.94. The first kappa shape index (κ1) is 19.7. The zero-order valence-electron chi connectivity index (χ0n) is 17.8. The van der Waals surface area contributed by atoms with E-state index in [2.05, 4.69) is 25.3 Å². The van der Waals surface area contributed by atoms with E-state index in [-0.39, 0.29) is 0 Å². The van der Waals surface area contributed by atoms with E-state index in [1.165, 1.54) is 4.90 Å². The van der Waals surface area contributed by atoms with Crippen molar-refractivity contribution in [3.05, 3.63) is 55.2 Å². The number of aromatic nitrogens is 5. The first-order chi connectivity index (χ1) is 15.3. The van der Waals surface area contributed by atoms with Crippen molar-refractivity contribution in [3.63, 3.8) is 0 Å². The summed E-state index contributed by atoms with van der Waals surface area (Å²) in [5.41, 5.74) is 4.48. The first-order valence-corrected chi connectivity index (χ1v) is 10.1. The molecule has 5 rings (SSSR count). The average Bonchev–Trinajstić information content (AvgIpc) is 3.13. The lowest BCUT2D eigenvalue weighted by Crippen LogP contribution is -2.45. The second-order valence-electron chi connectivity index (χ2n) is 8.44. The van der Waals surface area contributed by atoms with Gasteiger partial charge in [0.05, 0.1) is 29.5 Å². The van der Waals surface area contributed by atoms with Crippen LogP contribution in [0, 0.1) is 0 Å². The van der Waals surface area contributed by atoms with Crippen molar-refractivity contribution in [2.75, 3.05) is 10.2 Å². The molecule has 0 unspecified atom stereocenters. The number of anilines is 3. The number of nitrogens with zero attached hydrogens (tertiary/aromatic N) is 5. The number of carbonyl (C=O) groups is 1. The Morgan fingerprint density at radius 1 is 1.00 bits per heavy atom. The van der Waals surface area contributed by atoms with E-state index in [1.807, 2.05) is 39.0 Å². The van der Waals surface area contributed by atoms with Gasteiger partial charge in [0.2, 0.25) is 0 Å². The summed E-state index contributed by atoms with van der Waals surface area (Å²) in [5, 5.41) is 13.3. The van der Waals surface area contributed by atoms with E-state index < -0.39 is 11.6 Å². The van der Waals surface area contributed by atoms with Gasteiger partial charge in [-0.15, -0.1) is 0 Å². The number of amides is 1. The summed E-state index contributed by atoms with van der Waals surface area (Å²) in [5.74, 6) is 1.22. The Hall–Kier alpha value is -4.27. The van der Waals surface area contributed by atoms with E-state index >= 15 is 0 Å². The van der Waals surface area contributed by atoms with Gasteiger partial charge in [0.1, 0.15) is 17.3 Å². The molecule has 1 amide bonds. The highest BCUT2D eigenvalue weighted by molar-refractivity contribution is 5.97. The lowest BCUT2D eigenvalue weighted by atomic mass is 10.0. The molecular weight excluding hydrogens is 406 g/mol. The van der Waals surface area contributed by atoms with Crippen LogP contribution >= 0.6 is 0 Å². The molecule has 0 atom stereocenters. The van der Waals surface area contributed by atoms with E-state index in [0.717, 1.165) is 28.2 Å². The molecule has 4 aromatic heterocycles. The molecule has 0 bridgehead atoms. The third-order valence-electron chi connectivity index (χ3n) is 5.27. The maximum atomic E-state index is 12.1. The fourth-order valence-corrected chi connectivity index (χ4v) is 3.94. The number of rotatable bonds is 2. The predicted octanol–water partition coefficient (Wildman–Crippen LogP) is 4.94. The molecule has 3 N–H and O–H groups in total. The third-order valence-corrected chi connectivity index (χ3v) is 5.27. The van der Waals surface area contributed by atoms with Crippen LogP contribution in [0.1, 0.15) is 20.8 Å². The van der Waals surface area contributed by atoms with E-state index in [0.29, 0.717) is 22.9 Å². The average molecular weight is 427 g/mol. The minimum Gasteiger partial charge on any atom is -0.465 e. The number of carboxylic acid groups (broad SMARTS) is 1. The molecule has 0 radical (unpaired) electrons. The van der Waals surface area contributed by atoms with Crippen LogP contribution in [0.3, 0.4) is 0 Å². The van der Waals surface area contributed by atoms with Crippen LogP contribution < -0.4 is 10.2 Å². The molecule has 32 heavy (non-hydrogen) atoms. The van der Waals surface area contributed by atoms with Crippen LogP contribution in [0.5, 0.6) is 0 Å². The fraction of sp³-hybridized carbons (Fsp3) is 0.174. The molecule has 0 aliphatic carbocycles. The minimum absolute atomic E-state index is 0.455. The van der Waals surface area contributed by atoms with Crippen molar-refractivity contribution in [2.45, 2.75) is 26.3 Å². The summed E-state index contributed by atoms with van der Waals surface area (Å²) in [6.07, 6.45) is 7.30. The largest absolute Gasteiger partial charge is 0.465 e. The summed E-state index contributed by atoms with van der Waals surface area (Å²) in [6.45, 7) is 5.52. The van der Waals surface area contributed by atoms with Crippen molar-refractivity contribution in [3.8, 4) is 33.9 Å². The highest BCUT2D eigenvalue weighted by atomic mass is 16.4. The van der Waals surface area contributed by atoms with Crippen molar-refractivity contribution >= 4 is 23.3 Å². The second kappa shape index (κ2) is 7.16. The summed E-state index contributed by atoms with van der Waals surface area (Å²) >= 11 is 0. The van der Waals surface area contributed by atoms with Gasteiger partial charge in [-0.3, -0.25) is 14.9 Å². The normalized spacial score (nSPS) is 12.1. The summed E-state index contributed by atoms with van der Waals surface area (Å²) < 4.78 is 0. The Kier molecular flexibility index (Phi) is 4.40. The van der Waals surface area contributed by atoms with Crippen molar-refractivity contribution in [2.24, 2.45) is 0 Å². The summed E-state index contributed by atoms with van der Waals surface area (Å²) in [4.78, 5) is 34.6. The zero-order chi connectivity index (χ0) is 22.5. The van der Waals surface area contributed by atoms with Gasteiger partial charge < -0.3 is 15.4 Å². The molecule has 9 nitrogen and oxygen atoms in total. The van der Waals surface area contributed by atoms with Crippen LogP contribution in [0.4, 0.5) is 22.0 Å². The molecule has 1 aliphatic rings. The maximum absolute atomic E-state index is 12.1. The second-order valence-corrected chi connectivity index (χ2v) is 8.44. The number of pyridine rings is 3. The predicted molar refractivity (Wildman–Crippen MR) is 122 cm³/mol. The van der Waals surface area contributed by atoms with Crippen LogP contribution in [-0.4, -0.2) is 41.7 Å². The molecule has 0 aromatic carbocycles. The smallest absolute Gasteiger partial charge is 0.412 e. The Morgan fingerprint density at radius 3 is 2.50 bits per heavy atom. The zero-order valence-corrected chi connectivity index (χ0v) is 17.8. The molecule has 0 fully saturated rings. The van der Waals surface area contributed by atoms with E-state index in [1.54, 1.807) is 37.1 Å². The molecule has 4 aromatic rings. The van der Waals surface area contributed by atoms with Gasteiger partial charge in [0.25, 0.3) is 0 Å². The molecule has 1 aliphatic heterocycles. The van der Waals surface area contributed by atoms with Crippen LogP contribution in [0.25, 0.3) is 33.9 Å². The minimum atomic E-state index is -1.06. The molecule has 0 spiro atoms. The number of nitrogens with one attached hydrogen (secondary N) is 2. The van der Waals surface area contributed by atoms with Crippen LogP contribution in [0.2, 0.25) is 0 Å². The standard InChI is InChI=1S/C23H21N7O2/c1-23(2,3)30(22(31)32)17-12-25-10-7-14(17)21-28-18-13-6-9-24-11-16(13)27-20-15(19(18)29-21)5-4-8-26-20/h4-12H,1-3H3,(H,26,27)(H,28,29)(H,31,32). The molecule has 9 heteroatoms. The van der Waals surface area contributed by atoms with Crippen LogP contribution in [0.15, 0.2) is 55.2 Å². The number of hydrogen-bond donors (Lipinski definition) is 3.